The minimum Gasteiger partial charge on any atom is -0.346 e. The van der Waals surface area contributed by atoms with Crippen LogP contribution in [0.15, 0.2) is 53.7 Å². The molecule has 180 valence electrons. The minimum atomic E-state index is -0.00152. The van der Waals surface area contributed by atoms with Crippen molar-refractivity contribution < 1.29 is 0 Å². The van der Waals surface area contributed by atoms with E-state index in [9.17, 15) is 4.79 Å². The number of benzene rings is 1. The van der Waals surface area contributed by atoms with Gasteiger partial charge in [-0.25, -0.2) is 4.98 Å². The second kappa shape index (κ2) is 9.50. The van der Waals surface area contributed by atoms with Gasteiger partial charge < -0.3 is 15.3 Å². The summed E-state index contributed by atoms with van der Waals surface area (Å²) in [5, 5.41) is 10.4. The monoisotopic (exact) mass is 468 g/mol. The van der Waals surface area contributed by atoms with Crippen LogP contribution in [0.5, 0.6) is 0 Å². The highest BCUT2D eigenvalue weighted by molar-refractivity contribution is 5.89. The second-order valence-corrected chi connectivity index (χ2v) is 9.53. The maximum Gasteiger partial charge on any atom is 0.252 e. The van der Waals surface area contributed by atoms with Gasteiger partial charge >= 0.3 is 0 Å². The molecule has 0 aliphatic heterocycles. The first-order valence-corrected chi connectivity index (χ1v) is 12.3. The summed E-state index contributed by atoms with van der Waals surface area (Å²) in [7, 11) is 0. The van der Waals surface area contributed by atoms with Crippen LogP contribution in [0.1, 0.15) is 55.6 Å². The third-order valence-electron chi connectivity index (χ3n) is 6.52. The lowest BCUT2D eigenvalue weighted by molar-refractivity contribution is 0.551. The molecule has 5 aromatic rings. The number of H-pyrrole nitrogens is 2. The minimum absolute atomic E-state index is 0.00152. The first-order chi connectivity index (χ1) is 16.9. The molecule has 0 aliphatic carbocycles. The van der Waals surface area contributed by atoms with E-state index in [0.29, 0.717) is 13.1 Å². The van der Waals surface area contributed by atoms with Gasteiger partial charge in [-0.2, -0.15) is 5.10 Å². The van der Waals surface area contributed by atoms with Gasteiger partial charge in [0.15, 0.2) is 0 Å². The molecular weight excluding hydrogens is 436 g/mol. The van der Waals surface area contributed by atoms with Crippen LogP contribution in [-0.2, 0) is 19.5 Å². The van der Waals surface area contributed by atoms with Crippen molar-refractivity contribution in [2.75, 3.05) is 0 Å². The van der Waals surface area contributed by atoms with Gasteiger partial charge in [0.1, 0.15) is 5.65 Å². The van der Waals surface area contributed by atoms with Crippen LogP contribution in [0, 0.1) is 6.92 Å². The average molecular weight is 469 g/mol. The van der Waals surface area contributed by atoms with Crippen molar-refractivity contribution in [2.24, 2.45) is 0 Å². The molecule has 0 unspecified atom stereocenters. The zero-order valence-electron chi connectivity index (χ0n) is 20.8. The summed E-state index contributed by atoms with van der Waals surface area (Å²) >= 11 is 0. The van der Waals surface area contributed by atoms with Crippen LogP contribution in [0.2, 0.25) is 0 Å². The maximum atomic E-state index is 12.7. The highest BCUT2D eigenvalue weighted by Gasteiger charge is 2.14. The van der Waals surface area contributed by atoms with Gasteiger partial charge in [-0.05, 0) is 74.2 Å². The topological polar surface area (TPSA) is 91.4 Å². The number of rotatable bonds is 8. The number of nitrogens with zero attached hydrogens (tertiary/aromatic N) is 3. The molecule has 0 bridgehead atoms. The smallest absolute Gasteiger partial charge is 0.252 e. The van der Waals surface area contributed by atoms with Gasteiger partial charge in [0.25, 0.3) is 5.56 Å². The normalized spacial score (nSPS) is 11.8. The summed E-state index contributed by atoms with van der Waals surface area (Å²) < 4.78 is 2.06. The number of hydrogen-bond acceptors (Lipinski definition) is 4. The third kappa shape index (κ3) is 4.51. The van der Waals surface area contributed by atoms with E-state index >= 15 is 0 Å². The van der Waals surface area contributed by atoms with Crippen molar-refractivity contribution >= 4 is 21.9 Å². The molecule has 0 saturated carbocycles. The summed E-state index contributed by atoms with van der Waals surface area (Å²) in [6.07, 6.45) is 7.68. The fourth-order valence-electron chi connectivity index (χ4n) is 4.83. The average Bonchev–Trinajstić information content (AvgIpc) is 3.47. The van der Waals surface area contributed by atoms with Gasteiger partial charge in [0.2, 0.25) is 0 Å². The molecule has 0 saturated heterocycles. The Labute approximate surface area is 204 Å². The molecule has 0 atom stereocenters. The second-order valence-electron chi connectivity index (χ2n) is 9.53. The number of fused-ring (bicyclic) bond motifs is 2. The highest BCUT2D eigenvalue weighted by atomic mass is 16.1. The Hall–Kier alpha value is -3.71. The summed E-state index contributed by atoms with van der Waals surface area (Å²) in [6.45, 7) is 9.51. The van der Waals surface area contributed by atoms with Crippen LogP contribution in [-0.4, -0.2) is 24.7 Å². The van der Waals surface area contributed by atoms with Crippen LogP contribution in [0.4, 0.5) is 0 Å². The fourth-order valence-corrected chi connectivity index (χ4v) is 4.83. The van der Waals surface area contributed by atoms with Crippen molar-refractivity contribution in [1.82, 2.24) is 30.0 Å². The molecular formula is C28H32N6O. The fraction of sp³-hybridized carbons (Fsp3) is 0.321. The van der Waals surface area contributed by atoms with Gasteiger partial charge in [0, 0.05) is 59.1 Å². The Bertz CT molecular complexity index is 1560. The highest BCUT2D eigenvalue weighted by Crippen LogP contribution is 2.30. The van der Waals surface area contributed by atoms with E-state index in [1.165, 1.54) is 0 Å². The molecule has 5 rings (SSSR count). The van der Waals surface area contributed by atoms with E-state index in [4.69, 9.17) is 0 Å². The molecule has 3 N–H and O–H groups in total. The Morgan fingerprint density at radius 3 is 2.71 bits per heavy atom. The maximum absolute atomic E-state index is 12.7. The molecule has 0 fully saturated rings. The van der Waals surface area contributed by atoms with Crippen LogP contribution >= 0.6 is 0 Å². The van der Waals surface area contributed by atoms with Crippen molar-refractivity contribution in [3.63, 3.8) is 0 Å². The van der Waals surface area contributed by atoms with Crippen molar-refractivity contribution in [3.05, 3.63) is 81.7 Å². The van der Waals surface area contributed by atoms with Gasteiger partial charge in [-0.3, -0.25) is 9.48 Å². The predicted molar refractivity (Wildman–Crippen MR) is 142 cm³/mol. The summed E-state index contributed by atoms with van der Waals surface area (Å²) in [4.78, 5) is 23.4. The standard InChI is InChI=1S/C28H32N6O/c1-5-6-19-9-18(4)33-28(35)25(19)15-29-13-23-11-21(12-26-24(23)16-32-34(26)17(2)3)22-10-20-7-8-30-27(20)31-14-22/h7-12,14,16-17,29H,5-6,13,15H2,1-4H3,(H,30,31)(H,33,35). The lowest BCUT2D eigenvalue weighted by Crippen LogP contribution is -2.23. The molecule has 35 heavy (non-hydrogen) atoms. The Morgan fingerprint density at radius 2 is 1.91 bits per heavy atom. The quantitative estimate of drug-likeness (QED) is 0.284. The SMILES string of the molecule is CCCc1cc(C)[nH]c(=O)c1CNCc1cc(-c2cnc3[nH]ccc3c2)cc2c1cnn2C(C)C. The largest absolute Gasteiger partial charge is 0.346 e. The third-order valence-corrected chi connectivity index (χ3v) is 6.52. The Kier molecular flexibility index (Phi) is 6.26. The van der Waals surface area contributed by atoms with E-state index in [1.54, 1.807) is 0 Å². The number of aryl methyl sites for hydroxylation is 2. The summed E-state index contributed by atoms with van der Waals surface area (Å²) in [6, 6.07) is 11.0. The molecule has 1 aromatic carbocycles. The van der Waals surface area contributed by atoms with Crippen LogP contribution in [0.3, 0.4) is 0 Å². The van der Waals surface area contributed by atoms with Crippen molar-refractivity contribution in [2.45, 2.75) is 59.7 Å². The number of hydrogen-bond donors (Lipinski definition) is 3. The van der Waals surface area contributed by atoms with Gasteiger partial charge in [-0.1, -0.05) is 13.3 Å². The van der Waals surface area contributed by atoms with Gasteiger partial charge in [-0.15, -0.1) is 0 Å². The molecule has 0 radical (unpaired) electrons. The van der Waals surface area contributed by atoms with Gasteiger partial charge in [0.05, 0.1) is 11.7 Å². The molecule has 0 aliphatic rings. The van der Waals surface area contributed by atoms with E-state index in [-0.39, 0.29) is 11.6 Å². The zero-order chi connectivity index (χ0) is 24.5. The number of aromatic amines is 2. The number of aromatic nitrogens is 5. The molecule has 7 heteroatoms. The first-order valence-electron chi connectivity index (χ1n) is 12.3. The van der Waals surface area contributed by atoms with E-state index < -0.39 is 0 Å². The summed E-state index contributed by atoms with van der Waals surface area (Å²) in [5.74, 6) is 0. The zero-order valence-corrected chi connectivity index (χ0v) is 20.8. The lowest BCUT2D eigenvalue weighted by Gasteiger charge is -2.13. The van der Waals surface area contributed by atoms with Crippen LogP contribution < -0.4 is 10.9 Å². The first kappa shape index (κ1) is 23.1. The molecule has 0 amide bonds. The molecule has 7 nitrogen and oxygen atoms in total. The molecule has 4 heterocycles. The van der Waals surface area contributed by atoms with Crippen molar-refractivity contribution in [1.29, 1.82) is 0 Å². The Morgan fingerprint density at radius 1 is 1.06 bits per heavy atom. The molecule has 0 spiro atoms. The van der Waals surface area contributed by atoms with E-state index in [0.717, 1.165) is 68.3 Å². The lowest BCUT2D eigenvalue weighted by atomic mass is 10.00. The predicted octanol–water partition coefficient (Wildman–Crippen LogP) is 5.40. The summed E-state index contributed by atoms with van der Waals surface area (Å²) in [5.41, 5.74) is 8.16. The van der Waals surface area contributed by atoms with E-state index in [1.807, 2.05) is 31.6 Å². The Balaban J connectivity index is 1.50. The van der Waals surface area contributed by atoms with Crippen LogP contribution in [0.25, 0.3) is 33.1 Å². The number of nitrogens with one attached hydrogen (secondary N) is 3. The van der Waals surface area contributed by atoms with E-state index in [2.05, 4.69) is 75.1 Å². The number of pyridine rings is 2. The molecule has 4 aromatic heterocycles. The van der Waals surface area contributed by atoms with Crippen molar-refractivity contribution in [3.8, 4) is 11.1 Å².